The quantitative estimate of drug-likeness (QED) is 0.0184. The highest BCUT2D eigenvalue weighted by atomic mass is 32.1. The lowest BCUT2D eigenvalue weighted by Crippen LogP contribution is -2.16. The van der Waals surface area contributed by atoms with Crippen molar-refractivity contribution < 1.29 is 66.7 Å². The molecule has 0 bridgehead atoms. The van der Waals surface area contributed by atoms with E-state index in [1.165, 1.54) is 62.9 Å². The highest BCUT2D eigenvalue weighted by molar-refractivity contribution is 7.81. The van der Waals surface area contributed by atoms with Crippen LogP contribution in [0.2, 0.25) is 0 Å². The number of aliphatic hydroxyl groups is 1. The van der Waals surface area contributed by atoms with Gasteiger partial charge in [-0.1, -0.05) is 180 Å². The number of anilines is 6. The topological polar surface area (TPSA) is 212 Å². The molecule has 12 aromatic rings. The Labute approximate surface area is 887 Å². The number of ether oxygens (including phenoxy) is 13. The van der Waals surface area contributed by atoms with Crippen LogP contribution in [-0.2, 0) is 81.1 Å². The molecular weight excluding hydrogens is 1920 g/mol. The van der Waals surface area contributed by atoms with Crippen molar-refractivity contribution in [3.8, 4) is 40.2 Å². The molecule has 12 aromatic carbocycles. The highest BCUT2D eigenvalue weighted by Crippen LogP contribution is 2.44. The number of aliphatic hydroxyl groups excluding tert-OH is 1. The zero-order valence-electron chi connectivity index (χ0n) is 87.6. The van der Waals surface area contributed by atoms with Gasteiger partial charge in [0.05, 0.1) is 64.1 Å². The number of hydrogen-bond donors (Lipinski definition) is 7. The molecule has 1 saturated carbocycles. The fourth-order valence-electron chi connectivity index (χ4n) is 15.5. The molecule has 0 heterocycles. The van der Waals surface area contributed by atoms with E-state index < -0.39 is 0 Å². The normalized spacial score (nSPS) is 10.8. The van der Waals surface area contributed by atoms with Gasteiger partial charge in [-0.2, -0.15) is 0 Å². The van der Waals surface area contributed by atoms with Crippen molar-refractivity contribution in [2.45, 2.75) is 224 Å². The van der Waals surface area contributed by atoms with E-state index in [2.05, 4.69) is 213 Å². The average molecular weight is 2060 g/mol. The Balaban J connectivity index is 0.000000211. The summed E-state index contributed by atoms with van der Waals surface area (Å²) < 4.78 is 74.0. The van der Waals surface area contributed by atoms with Crippen molar-refractivity contribution in [1.29, 1.82) is 0 Å². The summed E-state index contributed by atoms with van der Waals surface area (Å²) in [7, 11) is 0. The fraction of sp³-hybridized carbons (Fsp3) is 0.339. The van der Waals surface area contributed by atoms with E-state index in [1.54, 1.807) is 0 Å². The second-order valence-electron chi connectivity index (χ2n) is 34.4. The third-order valence-corrected chi connectivity index (χ3v) is 24.2. The molecule has 0 saturated heterocycles. The van der Waals surface area contributed by atoms with Gasteiger partial charge >= 0.3 is 0 Å². The van der Waals surface area contributed by atoms with Crippen LogP contribution in [0.15, 0.2) is 218 Å². The smallest absolute Gasteiger partial charge is 0.261 e. The number of aryl methyl sites for hydroxylation is 15. The molecular formula is C118H144N6O14S6. The van der Waals surface area contributed by atoms with Crippen LogP contribution in [0.4, 0.5) is 34.1 Å². The molecule has 144 heavy (non-hydrogen) atoms. The Morgan fingerprint density at radius 3 is 0.750 bits per heavy atom. The number of hydrogen-bond acceptors (Lipinski definition) is 20. The molecule has 0 amide bonds. The van der Waals surface area contributed by atoms with Crippen LogP contribution in [0, 0.1) is 96.9 Å². The number of benzene rings is 12. The van der Waals surface area contributed by atoms with Crippen LogP contribution in [0.1, 0.15) is 202 Å². The van der Waals surface area contributed by atoms with Crippen LogP contribution in [0.3, 0.4) is 0 Å². The molecule has 0 aromatic heterocycles. The summed E-state index contributed by atoms with van der Waals surface area (Å²) in [5.41, 5.74) is 31.4. The first-order valence-electron chi connectivity index (χ1n) is 48.9. The van der Waals surface area contributed by atoms with E-state index in [4.69, 9.17) is 135 Å². The predicted octanol–water partition coefficient (Wildman–Crippen LogP) is 29.6. The standard InChI is InChI=1S/C21H25NO2S.C20H25NO3S.C20H25NO2S.C19H23NO3S.2C19H23NO2S/c1-4-23-21(25)22-19-7-5-6-17(16-9-10-16)18(19)13-24-20-11-8-14(2)12-15(20)3;1-5-22-19-9-7-8-17(21-20(25)23-6-2)16(19)13-24-18-11-10-14(3)12-15(18)4;1-5-16-8-7-9-18(21-20(24)22-6-2)17(16)13-23-19-11-10-14(3)12-15(19)4;1-4-22-19(24)20-17-7-5-6-15(11-21)16(17)12-23-18-9-8-13(2)10-14(18)3;2*1-5-21-19(23)20-17-8-6-7-14(3)16(17)12-22-18-10-9-13(2)11-15(18)4/h5-8,11-12,16H,4,9-10,13H2,1-3H3,(H,22,25);7-12H,5-6,13H2,1-4H3,(H,21,25);7-12H,5-6,13H2,1-4H3,(H,21,24);5-10,21H,4,11-12H2,1-3H3,(H,20,24);2*6-11H,5,12H2,1-4H3,(H,20,23). The minimum Gasteiger partial charge on any atom is -0.493 e. The molecule has 0 spiro atoms. The summed E-state index contributed by atoms with van der Waals surface area (Å²) in [4.78, 5) is 0. The van der Waals surface area contributed by atoms with Gasteiger partial charge in [0, 0.05) is 56.3 Å². The number of thiocarbonyl (C=S) groups is 6. The third-order valence-electron chi connectivity index (χ3n) is 22.9. The Morgan fingerprint density at radius 2 is 0.479 bits per heavy atom. The first-order valence-corrected chi connectivity index (χ1v) is 51.4. The molecule has 766 valence electrons. The fourth-order valence-corrected chi connectivity index (χ4v) is 16.8. The highest BCUT2D eigenvalue weighted by Gasteiger charge is 2.28. The van der Waals surface area contributed by atoms with Crippen LogP contribution in [0.25, 0.3) is 0 Å². The molecule has 0 atom stereocenters. The summed E-state index contributed by atoms with van der Waals surface area (Å²) in [6, 6.07) is 73.0. The van der Waals surface area contributed by atoms with E-state index in [9.17, 15) is 5.11 Å². The van der Waals surface area contributed by atoms with E-state index in [0.717, 1.165) is 159 Å². The van der Waals surface area contributed by atoms with Gasteiger partial charge in [-0.15, -0.1) is 0 Å². The molecule has 26 heteroatoms. The SMILES string of the molecule is CCOC(=S)Nc1cccc(C)c1COc1ccc(C)cc1C.CCOC(=S)Nc1cccc(C)c1COc1ccc(C)cc1C.CCOC(=S)Nc1cccc(C2CC2)c1COc1ccc(C)cc1C.CCOC(=S)Nc1cccc(CC)c1COc1ccc(C)cc1C.CCOC(=S)Nc1cccc(CO)c1COc1ccc(C)cc1C.CCOC(=S)Nc1cccc(OCC)c1COc1ccc(C)cc1C. The lowest BCUT2D eigenvalue weighted by Gasteiger charge is -2.18. The van der Waals surface area contributed by atoms with Gasteiger partial charge in [0.15, 0.2) is 0 Å². The van der Waals surface area contributed by atoms with Crippen LogP contribution in [0.5, 0.6) is 40.2 Å². The second kappa shape index (κ2) is 61.5. The Bertz CT molecular complexity index is 6000. The summed E-state index contributed by atoms with van der Waals surface area (Å²) in [6.45, 7) is 50.9. The summed E-state index contributed by atoms with van der Waals surface area (Å²) in [5, 5.41) is 30.7. The van der Waals surface area contributed by atoms with Gasteiger partial charge in [0.1, 0.15) is 79.9 Å². The van der Waals surface area contributed by atoms with Crippen molar-refractivity contribution in [2.24, 2.45) is 0 Å². The molecule has 1 fully saturated rings. The second-order valence-corrected chi connectivity index (χ2v) is 36.6. The van der Waals surface area contributed by atoms with Crippen LogP contribution >= 0.6 is 73.3 Å². The minimum absolute atomic E-state index is 0.0670. The molecule has 13 rings (SSSR count). The molecule has 0 radical (unpaired) electrons. The largest absolute Gasteiger partial charge is 0.493 e. The summed E-state index contributed by atoms with van der Waals surface area (Å²) >= 11 is 31.2. The Morgan fingerprint density at radius 1 is 0.243 bits per heavy atom. The maximum Gasteiger partial charge on any atom is 0.261 e. The Kier molecular flexibility index (Phi) is 49.8. The van der Waals surface area contributed by atoms with Crippen molar-refractivity contribution in [2.75, 3.05) is 78.1 Å². The van der Waals surface area contributed by atoms with Gasteiger partial charge in [0.2, 0.25) is 0 Å². The van der Waals surface area contributed by atoms with Crippen LogP contribution in [-0.4, -0.2) is 82.4 Å². The lowest BCUT2D eigenvalue weighted by atomic mass is 10.0. The van der Waals surface area contributed by atoms with E-state index in [1.807, 2.05) is 190 Å². The number of rotatable bonds is 35. The minimum atomic E-state index is -0.0670. The van der Waals surface area contributed by atoms with Crippen molar-refractivity contribution in [3.63, 3.8) is 0 Å². The zero-order valence-corrected chi connectivity index (χ0v) is 92.5. The Hall–Kier alpha value is -12.7. The lowest BCUT2D eigenvalue weighted by molar-refractivity contribution is 0.269. The number of nitrogens with one attached hydrogen (secondary N) is 6. The molecule has 0 unspecified atom stereocenters. The van der Waals surface area contributed by atoms with Gasteiger partial charge < -0.3 is 98.6 Å². The monoisotopic (exact) mass is 2060 g/mol. The van der Waals surface area contributed by atoms with Gasteiger partial charge in [-0.25, -0.2) is 0 Å². The van der Waals surface area contributed by atoms with Gasteiger partial charge in [0.25, 0.3) is 31.0 Å². The molecule has 1 aliphatic rings. The van der Waals surface area contributed by atoms with Crippen molar-refractivity contribution in [1.82, 2.24) is 0 Å². The zero-order chi connectivity index (χ0) is 105. The van der Waals surface area contributed by atoms with Crippen LogP contribution < -0.4 is 65.1 Å². The van der Waals surface area contributed by atoms with Crippen molar-refractivity contribution >= 4 is 138 Å². The van der Waals surface area contributed by atoms with Gasteiger partial charge in [-0.05, 0) is 384 Å². The average Bonchev–Trinajstić information content (AvgIpc) is 1.63. The van der Waals surface area contributed by atoms with Gasteiger partial charge in [-0.3, -0.25) is 0 Å². The summed E-state index contributed by atoms with van der Waals surface area (Å²) in [5.74, 6) is 6.73. The van der Waals surface area contributed by atoms with E-state index >= 15 is 0 Å². The first kappa shape index (κ1) is 117. The van der Waals surface area contributed by atoms with E-state index in [0.29, 0.717) is 123 Å². The molecule has 1 aliphatic carbocycles. The maximum atomic E-state index is 9.62. The van der Waals surface area contributed by atoms with E-state index in [-0.39, 0.29) is 6.61 Å². The predicted molar refractivity (Wildman–Crippen MR) is 615 cm³/mol. The molecule has 7 N–H and O–H groups in total. The van der Waals surface area contributed by atoms with Crippen molar-refractivity contribution in [3.05, 3.63) is 346 Å². The maximum absolute atomic E-state index is 9.62. The molecule has 0 aliphatic heterocycles. The molecule has 20 nitrogen and oxygen atoms in total. The summed E-state index contributed by atoms with van der Waals surface area (Å²) in [6.07, 6.45) is 3.42. The third kappa shape index (κ3) is 38.5. The first-order chi connectivity index (χ1) is 69.2.